The standard InChI is InChI=1S/C17H18FN3O4S/c1-12(15-5-3-4-6-16(15)22)19-20-17(23)11-21(26(2,24)25)14-9-7-13(18)8-10-14/h3-10,22H,11H2,1-2H3,(H,20,23)/b19-12-. The fraction of sp³-hybridized carbons (Fsp3) is 0.176. The SMILES string of the molecule is C/C(=N/NC(=O)CN(c1ccc(F)cc1)S(C)(=O)=O)c1ccccc1O. The number of anilines is 1. The summed E-state index contributed by atoms with van der Waals surface area (Å²) in [6.45, 7) is 1.06. The second-order valence-corrected chi connectivity index (χ2v) is 7.40. The molecule has 0 aliphatic rings. The minimum atomic E-state index is -3.76. The molecule has 0 spiro atoms. The summed E-state index contributed by atoms with van der Waals surface area (Å²) in [5.41, 5.74) is 3.19. The Morgan fingerprint density at radius 2 is 1.81 bits per heavy atom. The predicted octanol–water partition coefficient (Wildman–Crippen LogP) is 1.84. The van der Waals surface area contributed by atoms with Gasteiger partial charge in [-0.1, -0.05) is 12.1 Å². The van der Waals surface area contributed by atoms with E-state index >= 15 is 0 Å². The number of phenolic OH excluding ortho intramolecular Hbond substituents is 1. The highest BCUT2D eigenvalue weighted by Gasteiger charge is 2.20. The normalized spacial score (nSPS) is 11.9. The first-order valence-corrected chi connectivity index (χ1v) is 9.38. The fourth-order valence-corrected chi connectivity index (χ4v) is 3.02. The number of nitrogens with one attached hydrogen (secondary N) is 1. The van der Waals surface area contributed by atoms with E-state index < -0.39 is 28.3 Å². The molecule has 2 aromatic carbocycles. The largest absolute Gasteiger partial charge is 0.507 e. The number of hydrogen-bond acceptors (Lipinski definition) is 5. The summed E-state index contributed by atoms with van der Waals surface area (Å²) in [5, 5.41) is 13.6. The molecule has 0 heterocycles. The van der Waals surface area contributed by atoms with E-state index in [-0.39, 0.29) is 11.4 Å². The average molecular weight is 379 g/mol. The Bertz CT molecular complexity index is 927. The number of amides is 1. The van der Waals surface area contributed by atoms with Crippen LogP contribution in [0.5, 0.6) is 5.75 Å². The highest BCUT2D eigenvalue weighted by molar-refractivity contribution is 7.92. The molecule has 2 aromatic rings. The van der Waals surface area contributed by atoms with Gasteiger partial charge in [-0.05, 0) is 43.3 Å². The van der Waals surface area contributed by atoms with Crippen LogP contribution in [0.3, 0.4) is 0 Å². The number of carbonyl (C=O) groups is 1. The second-order valence-electron chi connectivity index (χ2n) is 5.50. The topological polar surface area (TPSA) is 99.1 Å². The number of rotatable bonds is 6. The number of halogens is 1. The highest BCUT2D eigenvalue weighted by atomic mass is 32.2. The van der Waals surface area contributed by atoms with Crippen LogP contribution in [0, 0.1) is 5.82 Å². The summed E-state index contributed by atoms with van der Waals surface area (Å²) in [4.78, 5) is 12.1. The molecular weight excluding hydrogens is 361 g/mol. The molecular formula is C17H18FN3O4S. The zero-order valence-corrected chi connectivity index (χ0v) is 15.0. The summed E-state index contributed by atoms with van der Waals surface area (Å²) in [6, 6.07) is 11.2. The van der Waals surface area contributed by atoms with Crippen LogP contribution in [0.15, 0.2) is 53.6 Å². The van der Waals surface area contributed by atoms with Crippen molar-refractivity contribution in [3.8, 4) is 5.75 Å². The van der Waals surface area contributed by atoms with Crippen molar-refractivity contribution in [1.29, 1.82) is 0 Å². The zero-order valence-electron chi connectivity index (χ0n) is 14.2. The van der Waals surface area contributed by atoms with Gasteiger partial charge >= 0.3 is 0 Å². The van der Waals surface area contributed by atoms with Crippen LogP contribution < -0.4 is 9.73 Å². The number of para-hydroxylation sites is 1. The molecule has 2 N–H and O–H groups in total. The van der Waals surface area contributed by atoms with Crippen LogP contribution in [0.2, 0.25) is 0 Å². The lowest BCUT2D eigenvalue weighted by molar-refractivity contribution is -0.119. The van der Waals surface area contributed by atoms with Crippen LogP contribution in [0.1, 0.15) is 12.5 Å². The van der Waals surface area contributed by atoms with Crippen molar-refractivity contribution in [2.75, 3.05) is 17.1 Å². The van der Waals surface area contributed by atoms with Gasteiger partial charge in [-0.15, -0.1) is 0 Å². The number of hydrazone groups is 1. The molecule has 138 valence electrons. The summed E-state index contributed by atoms with van der Waals surface area (Å²) in [5.74, 6) is -1.20. The zero-order chi connectivity index (χ0) is 19.3. The smallest absolute Gasteiger partial charge is 0.260 e. The van der Waals surface area contributed by atoms with Crippen molar-refractivity contribution >= 4 is 27.3 Å². The lowest BCUT2D eigenvalue weighted by atomic mass is 10.1. The van der Waals surface area contributed by atoms with E-state index in [1.165, 1.54) is 18.2 Å². The summed E-state index contributed by atoms with van der Waals surface area (Å²) >= 11 is 0. The predicted molar refractivity (Wildman–Crippen MR) is 97.1 cm³/mol. The maximum Gasteiger partial charge on any atom is 0.260 e. The van der Waals surface area contributed by atoms with Gasteiger partial charge in [0.25, 0.3) is 5.91 Å². The number of sulfonamides is 1. The molecule has 0 unspecified atom stereocenters. The number of aromatic hydroxyl groups is 1. The molecule has 0 fully saturated rings. The van der Waals surface area contributed by atoms with Crippen LogP contribution in [0.4, 0.5) is 10.1 Å². The van der Waals surface area contributed by atoms with Crippen LogP contribution in [-0.4, -0.2) is 37.9 Å². The summed E-state index contributed by atoms with van der Waals surface area (Å²) in [6.07, 6.45) is 0.945. The lowest BCUT2D eigenvalue weighted by Crippen LogP contribution is -2.39. The summed E-state index contributed by atoms with van der Waals surface area (Å²) in [7, 11) is -3.76. The van der Waals surface area contributed by atoms with Crippen molar-refractivity contribution in [2.45, 2.75) is 6.92 Å². The third kappa shape index (κ3) is 5.03. The van der Waals surface area contributed by atoms with Gasteiger partial charge in [-0.3, -0.25) is 9.10 Å². The molecule has 26 heavy (non-hydrogen) atoms. The lowest BCUT2D eigenvalue weighted by Gasteiger charge is -2.21. The van der Waals surface area contributed by atoms with E-state index in [1.807, 2.05) is 0 Å². The van der Waals surface area contributed by atoms with Crippen LogP contribution >= 0.6 is 0 Å². The minimum Gasteiger partial charge on any atom is -0.507 e. The molecule has 7 nitrogen and oxygen atoms in total. The highest BCUT2D eigenvalue weighted by Crippen LogP contribution is 2.18. The minimum absolute atomic E-state index is 0.00655. The second kappa shape index (κ2) is 7.96. The molecule has 0 saturated heterocycles. The Labute approximate surface area is 150 Å². The van der Waals surface area contributed by atoms with Crippen molar-refractivity contribution in [1.82, 2.24) is 5.43 Å². The number of hydrogen-bond donors (Lipinski definition) is 2. The maximum atomic E-state index is 13.0. The molecule has 0 aromatic heterocycles. The van der Waals surface area contributed by atoms with Gasteiger partial charge in [0.05, 0.1) is 17.7 Å². The Morgan fingerprint density at radius 1 is 1.19 bits per heavy atom. The monoisotopic (exact) mass is 379 g/mol. The van der Waals surface area contributed by atoms with E-state index in [9.17, 15) is 22.7 Å². The average Bonchev–Trinajstić information content (AvgIpc) is 2.58. The molecule has 1 amide bonds. The first-order chi connectivity index (χ1) is 12.2. The van der Waals surface area contributed by atoms with Crippen molar-refractivity contribution in [3.05, 3.63) is 59.9 Å². The number of phenols is 1. The fourth-order valence-electron chi connectivity index (χ4n) is 2.16. The van der Waals surface area contributed by atoms with Crippen molar-refractivity contribution < 1.29 is 22.7 Å². The molecule has 0 bridgehead atoms. The van der Waals surface area contributed by atoms with E-state index in [2.05, 4.69) is 10.5 Å². The number of nitrogens with zero attached hydrogens (tertiary/aromatic N) is 2. The molecule has 0 aliphatic carbocycles. The number of benzene rings is 2. The van der Waals surface area contributed by atoms with Gasteiger partial charge in [0.2, 0.25) is 10.0 Å². The Balaban J connectivity index is 2.14. The third-order valence-electron chi connectivity index (χ3n) is 3.44. The van der Waals surface area contributed by atoms with Gasteiger partial charge < -0.3 is 5.11 Å². The van der Waals surface area contributed by atoms with E-state index in [0.717, 1.165) is 22.7 Å². The van der Waals surface area contributed by atoms with Gasteiger partial charge in [0.15, 0.2) is 0 Å². The molecule has 0 atom stereocenters. The molecule has 0 saturated carbocycles. The van der Waals surface area contributed by atoms with E-state index in [0.29, 0.717) is 11.3 Å². The van der Waals surface area contributed by atoms with Gasteiger partial charge in [0, 0.05) is 5.56 Å². The molecule has 2 rings (SSSR count). The third-order valence-corrected chi connectivity index (χ3v) is 4.58. The van der Waals surface area contributed by atoms with Crippen molar-refractivity contribution in [3.63, 3.8) is 0 Å². The Kier molecular flexibility index (Phi) is 5.93. The Morgan fingerprint density at radius 3 is 2.38 bits per heavy atom. The first-order valence-electron chi connectivity index (χ1n) is 7.53. The van der Waals surface area contributed by atoms with Crippen LogP contribution in [-0.2, 0) is 14.8 Å². The van der Waals surface area contributed by atoms with Gasteiger partial charge in [0.1, 0.15) is 18.1 Å². The summed E-state index contributed by atoms with van der Waals surface area (Å²) < 4.78 is 37.7. The first kappa shape index (κ1) is 19.4. The molecule has 0 radical (unpaired) electrons. The maximum absolute atomic E-state index is 13.0. The van der Waals surface area contributed by atoms with Gasteiger partial charge in [-0.2, -0.15) is 5.10 Å². The van der Waals surface area contributed by atoms with E-state index in [1.54, 1.807) is 25.1 Å². The van der Waals surface area contributed by atoms with Crippen molar-refractivity contribution in [2.24, 2.45) is 5.10 Å². The van der Waals surface area contributed by atoms with E-state index in [4.69, 9.17) is 0 Å². The quantitative estimate of drug-likeness (QED) is 0.591. The number of carbonyl (C=O) groups excluding carboxylic acids is 1. The molecule has 9 heteroatoms. The molecule has 0 aliphatic heterocycles. The van der Waals surface area contributed by atoms with Crippen LogP contribution in [0.25, 0.3) is 0 Å². The Hall–Kier alpha value is -2.94. The van der Waals surface area contributed by atoms with Gasteiger partial charge in [-0.25, -0.2) is 18.2 Å².